The predicted molar refractivity (Wildman–Crippen MR) is 111 cm³/mol. The zero-order valence-electron chi connectivity index (χ0n) is 16.4. The summed E-state index contributed by atoms with van der Waals surface area (Å²) in [5.41, 5.74) is 4.78. The lowest BCUT2D eigenvalue weighted by atomic mass is 10.1. The molecule has 0 spiro atoms. The van der Waals surface area contributed by atoms with Gasteiger partial charge in [-0.1, -0.05) is 6.07 Å². The van der Waals surface area contributed by atoms with Crippen molar-refractivity contribution in [1.29, 1.82) is 0 Å². The molecule has 0 saturated heterocycles. The van der Waals surface area contributed by atoms with Crippen LogP contribution in [-0.4, -0.2) is 25.1 Å². The van der Waals surface area contributed by atoms with Crippen molar-refractivity contribution in [3.05, 3.63) is 71.5 Å². The van der Waals surface area contributed by atoms with Gasteiger partial charge in [0, 0.05) is 18.0 Å². The maximum atomic E-state index is 12.6. The van der Waals surface area contributed by atoms with Gasteiger partial charge in [0.25, 0.3) is 5.91 Å². The van der Waals surface area contributed by atoms with Crippen LogP contribution >= 0.6 is 0 Å². The number of nitrogens with one attached hydrogen (secondary N) is 2. The van der Waals surface area contributed by atoms with Gasteiger partial charge < -0.3 is 20.1 Å². The molecule has 2 N–H and O–H groups in total. The molecule has 6 nitrogen and oxygen atoms in total. The van der Waals surface area contributed by atoms with Gasteiger partial charge >= 0.3 is 0 Å². The van der Waals surface area contributed by atoms with Gasteiger partial charge in [0.15, 0.2) is 0 Å². The summed E-state index contributed by atoms with van der Waals surface area (Å²) in [6, 6.07) is 13.1. The fourth-order valence-electron chi connectivity index (χ4n) is 2.95. The van der Waals surface area contributed by atoms with E-state index in [2.05, 4.69) is 21.7 Å². The van der Waals surface area contributed by atoms with Crippen LogP contribution in [0.3, 0.4) is 0 Å². The lowest BCUT2D eigenvalue weighted by Gasteiger charge is -2.13. The Labute approximate surface area is 164 Å². The molecule has 3 aromatic rings. The molecular weight excluding hydrogens is 354 g/mol. The lowest BCUT2D eigenvalue weighted by Crippen LogP contribution is -2.12. The molecule has 28 heavy (non-hydrogen) atoms. The summed E-state index contributed by atoms with van der Waals surface area (Å²) in [5.74, 6) is 1.13. The highest BCUT2D eigenvalue weighted by atomic mass is 16.5. The molecule has 0 radical (unpaired) electrons. The van der Waals surface area contributed by atoms with Crippen LogP contribution in [0.25, 0.3) is 0 Å². The number of methoxy groups -OCH3 is 2. The normalized spacial score (nSPS) is 10.3. The number of carbonyl (C=O) groups is 1. The highest BCUT2D eigenvalue weighted by Gasteiger charge is 2.10. The topological polar surface area (TPSA) is 72.5 Å². The minimum atomic E-state index is -0.223. The first kappa shape index (κ1) is 19.2. The maximum absolute atomic E-state index is 12.6. The molecule has 0 atom stereocenters. The van der Waals surface area contributed by atoms with Crippen LogP contribution in [0.4, 0.5) is 17.1 Å². The molecule has 0 aliphatic carbocycles. The van der Waals surface area contributed by atoms with Gasteiger partial charge in [-0.2, -0.15) is 0 Å². The third-order valence-corrected chi connectivity index (χ3v) is 4.17. The summed E-state index contributed by atoms with van der Waals surface area (Å²) in [7, 11) is 3.20. The first-order chi connectivity index (χ1) is 13.5. The fourth-order valence-corrected chi connectivity index (χ4v) is 2.95. The number of carbonyl (C=O) groups excluding carboxylic acids is 1. The second kappa shape index (κ2) is 8.43. The summed E-state index contributed by atoms with van der Waals surface area (Å²) in [6.07, 6.45) is 3.18. The number of anilines is 3. The fraction of sp³-hybridized carbons (Fsp3) is 0.182. The van der Waals surface area contributed by atoms with Gasteiger partial charge in [-0.05, 0) is 55.3 Å². The van der Waals surface area contributed by atoms with Crippen LogP contribution < -0.4 is 20.1 Å². The Hall–Kier alpha value is -3.54. The number of ether oxygens (including phenoxy) is 2. The third kappa shape index (κ3) is 4.59. The maximum Gasteiger partial charge on any atom is 0.257 e. The van der Waals surface area contributed by atoms with Gasteiger partial charge in [-0.15, -0.1) is 0 Å². The molecule has 0 saturated carbocycles. The van der Waals surface area contributed by atoms with Gasteiger partial charge in [0.05, 0.1) is 37.4 Å². The van der Waals surface area contributed by atoms with Crippen LogP contribution in [0.1, 0.15) is 21.5 Å². The van der Waals surface area contributed by atoms with Crippen LogP contribution in [0.2, 0.25) is 0 Å². The van der Waals surface area contributed by atoms with E-state index in [1.807, 2.05) is 44.2 Å². The monoisotopic (exact) mass is 377 g/mol. The van der Waals surface area contributed by atoms with E-state index in [4.69, 9.17) is 9.47 Å². The Bertz CT molecular complexity index is 982. The Morgan fingerprint density at radius 2 is 1.64 bits per heavy atom. The molecule has 144 valence electrons. The molecule has 0 aliphatic rings. The first-order valence-corrected chi connectivity index (χ1v) is 8.82. The molecule has 1 amide bonds. The van der Waals surface area contributed by atoms with Crippen molar-refractivity contribution in [2.24, 2.45) is 0 Å². The van der Waals surface area contributed by atoms with E-state index in [0.29, 0.717) is 22.7 Å². The van der Waals surface area contributed by atoms with Crippen molar-refractivity contribution in [2.75, 3.05) is 24.9 Å². The second-order valence-electron chi connectivity index (χ2n) is 6.48. The number of hydrogen-bond acceptors (Lipinski definition) is 5. The van der Waals surface area contributed by atoms with Crippen molar-refractivity contribution in [1.82, 2.24) is 4.98 Å². The van der Waals surface area contributed by atoms with Crippen LogP contribution in [0.5, 0.6) is 11.5 Å². The molecule has 1 heterocycles. The molecule has 0 aliphatic heterocycles. The Morgan fingerprint density at radius 3 is 2.32 bits per heavy atom. The summed E-state index contributed by atoms with van der Waals surface area (Å²) in [6.45, 7) is 3.99. The van der Waals surface area contributed by atoms with E-state index in [0.717, 1.165) is 22.5 Å². The van der Waals surface area contributed by atoms with Crippen LogP contribution in [-0.2, 0) is 0 Å². The summed E-state index contributed by atoms with van der Waals surface area (Å²) in [4.78, 5) is 16.8. The second-order valence-corrected chi connectivity index (χ2v) is 6.48. The molecule has 0 bridgehead atoms. The predicted octanol–water partition coefficient (Wildman–Crippen LogP) is 4.71. The van der Waals surface area contributed by atoms with Gasteiger partial charge in [0.2, 0.25) is 0 Å². The molecule has 3 rings (SSSR count). The van der Waals surface area contributed by atoms with Gasteiger partial charge in [-0.3, -0.25) is 9.78 Å². The zero-order valence-corrected chi connectivity index (χ0v) is 16.4. The van der Waals surface area contributed by atoms with Crippen LogP contribution in [0, 0.1) is 13.8 Å². The van der Waals surface area contributed by atoms with E-state index in [9.17, 15) is 4.79 Å². The minimum Gasteiger partial charge on any atom is -0.497 e. The molecule has 1 aromatic heterocycles. The van der Waals surface area contributed by atoms with E-state index in [-0.39, 0.29) is 5.91 Å². The quantitative estimate of drug-likeness (QED) is 0.651. The van der Waals surface area contributed by atoms with E-state index in [1.54, 1.807) is 26.5 Å². The number of hydrogen-bond donors (Lipinski definition) is 2. The van der Waals surface area contributed by atoms with Crippen molar-refractivity contribution >= 4 is 23.0 Å². The highest BCUT2D eigenvalue weighted by molar-refractivity contribution is 6.04. The third-order valence-electron chi connectivity index (χ3n) is 4.17. The number of amides is 1. The summed E-state index contributed by atoms with van der Waals surface area (Å²) in [5, 5.41) is 6.15. The lowest BCUT2D eigenvalue weighted by molar-refractivity contribution is 0.102. The first-order valence-electron chi connectivity index (χ1n) is 8.82. The van der Waals surface area contributed by atoms with Crippen LogP contribution in [0.15, 0.2) is 54.9 Å². The summed E-state index contributed by atoms with van der Waals surface area (Å²) >= 11 is 0. The van der Waals surface area contributed by atoms with Crippen molar-refractivity contribution in [3.63, 3.8) is 0 Å². The van der Waals surface area contributed by atoms with Crippen molar-refractivity contribution < 1.29 is 14.3 Å². The number of aromatic nitrogens is 1. The smallest absolute Gasteiger partial charge is 0.257 e. The van der Waals surface area contributed by atoms with E-state index in [1.165, 1.54) is 6.20 Å². The zero-order chi connectivity index (χ0) is 20.1. The number of pyridine rings is 1. The highest BCUT2D eigenvalue weighted by Crippen LogP contribution is 2.31. The van der Waals surface area contributed by atoms with Crippen molar-refractivity contribution in [2.45, 2.75) is 13.8 Å². The molecular formula is C22H23N3O3. The number of benzene rings is 2. The molecule has 6 heteroatoms. The van der Waals surface area contributed by atoms with Crippen molar-refractivity contribution in [3.8, 4) is 11.5 Å². The Kier molecular flexibility index (Phi) is 5.79. The Balaban J connectivity index is 1.81. The minimum absolute atomic E-state index is 0.223. The number of nitrogens with zero attached hydrogens (tertiary/aromatic N) is 1. The van der Waals surface area contributed by atoms with Gasteiger partial charge in [-0.25, -0.2) is 0 Å². The average Bonchev–Trinajstić information content (AvgIpc) is 2.67. The molecule has 2 aromatic carbocycles. The number of aryl methyl sites for hydroxylation is 2. The Morgan fingerprint density at radius 1 is 0.893 bits per heavy atom. The average molecular weight is 377 g/mol. The van der Waals surface area contributed by atoms with E-state index < -0.39 is 0 Å². The molecule has 0 unspecified atom stereocenters. The number of rotatable bonds is 6. The molecule has 0 fully saturated rings. The summed E-state index contributed by atoms with van der Waals surface area (Å²) < 4.78 is 10.6. The SMILES string of the molecule is COc1ccc(OC)c(Nc2cncc(C(=O)Nc3cc(C)cc(C)c3)c2)c1. The largest absolute Gasteiger partial charge is 0.497 e. The standard InChI is InChI=1S/C22H23N3O3/c1-14-7-15(2)9-17(8-14)25-22(26)16-10-18(13-23-12-16)24-20-11-19(27-3)5-6-21(20)28-4/h5-13,24H,1-4H3,(H,25,26). The van der Waals surface area contributed by atoms with Gasteiger partial charge in [0.1, 0.15) is 11.5 Å². The van der Waals surface area contributed by atoms with E-state index >= 15 is 0 Å².